The Labute approximate surface area is 121 Å². The summed E-state index contributed by atoms with van der Waals surface area (Å²) in [5.41, 5.74) is 0. The molecular weight excluding hydrogens is 250 g/mol. The minimum Gasteiger partial charge on any atom is -0.822 e. The summed E-state index contributed by atoms with van der Waals surface area (Å²) in [6, 6.07) is 0. The maximum Gasteiger partial charge on any atom is 2.00 e. The smallest absolute Gasteiger partial charge is 0.822 e. The fourth-order valence-electron chi connectivity index (χ4n) is 0. The zero-order chi connectivity index (χ0) is 9.00. The maximum absolute atomic E-state index is 8.55. The van der Waals surface area contributed by atoms with Crippen LogP contribution in [-0.4, -0.2) is 66.0 Å². The van der Waals surface area contributed by atoms with Crippen molar-refractivity contribution in [2.45, 2.75) is 0 Å². The van der Waals surface area contributed by atoms with Gasteiger partial charge >= 0.3 is 76.3 Å². The van der Waals surface area contributed by atoms with Gasteiger partial charge in [-0.2, -0.15) is 7.82 Å². The van der Waals surface area contributed by atoms with Crippen molar-refractivity contribution in [1.82, 2.24) is 0 Å². The Morgan fingerprint density at radius 3 is 1.00 bits per heavy atom. The monoisotopic (exact) mass is 254 g/mol. The second kappa shape index (κ2) is 9.96. The Morgan fingerprint density at radius 1 is 1.00 bits per heavy atom. The van der Waals surface area contributed by atoms with E-state index in [1.54, 1.807) is 0 Å². The van der Waals surface area contributed by atoms with Gasteiger partial charge in [0.2, 0.25) is 0 Å². The molecule has 64 valence electrons. The Bertz CT molecular complexity index is 111. The number of phosphoric acid groups is 1. The van der Waals surface area contributed by atoms with Crippen molar-refractivity contribution < 1.29 is 68.0 Å². The molecule has 0 rings (SSSR count). The van der Waals surface area contributed by atoms with E-state index in [9.17, 15) is 0 Å². The molecule has 0 aromatic heterocycles. The van der Waals surface area contributed by atoms with E-state index in [4.69, 9.17) is 38.4 Å². The summed E-state index contributed by atoms with van der Waals surface area (Å²) in [6.45, 7) is 0. The molecule has 0 atom stereocenters. The average Bonchev–Trinajstić information content (AvgIpc) is 1.12. The summed E-state index contributed by atoms with van der Waals surface area (Å²) in [5, 5.41) is 0. The first kappa shape index (κ1) is 23.9. The van der Waals surface area contributed by atoms with E-state index in [2.05, 4.69) is 0 Å². The van der Waals surface area contributed by atoms with Gasteiger partial charge in [0.05, 0.1) is 0 Å². The van der Waals surface area contributed by atoms with E-state index in [0.29, 0.717) is 0 Å². The quantitative estimate of drug-likeness (QED) is 0.244. The molecule has 0 unspecified atom stereocenters. The van der Waals surface area contributed by atoms with Crippen LogP contribution in [0, 0.1) is 0 Å². The van der Waals surface area contributed by atoms with Crippen molar-refractivity contribution in [2.24, 2.45) is 0 Å². The van der Waals surface area contributed by atoms with Gasteiger partial charge in [-0.05, 0) is 0 Å². The fourth-order valence-corrected chi connectivity index (χ4v) is 0. The van der Waals surface area contributed by atoms with E-state index < -0.39 is 16.9 Å². The second-order valence-electron chi connectivity index (χ2n) is 1.05. The Balaban J connectivity index is -0.0000000457. The fraction of sp³-hybridized carbons (Fsp3) is 0. The van der Waals surface area contributed by atoms with Crippen molar-refractivity contribution in [1.29, 1.82) is 0 Å². The first-order valence-electron chi connectivity index (χ1n) is 1.62. The average molecular weight is 254 g/mol. The van der Waals surface area contributed by atoms with Gasteiger partial charge in [-0.25, -0.2) is 0 Å². The molecule has 0 heterocycles. The van der Waals surface area contributed by atoms with Crippen LogP contribution in [0.3, 0.4) is 0 Å². The normalized spacial score (nSPS) is 9.92. The van der Waals surface area contributed by atoms with Crippen LogP contribution >= 0.6 is 7.82 Å². The Kier molecular flexibility index (Phi) is 19.9. The molecular formula is H4CaNaO8PSi. The first-order valence-corrected chi connectivity index (χ1v) is 4.87. The summed E-state index contributed by atoms with van der Waals surface area (Å²) < 4.78 is 8.55. The van der Waals surface area contributed by atoms with Crippen LogP contribution in [0.25, 0.3) is 0 Å². The Morgan fingerprint density at radius 2 is 1.00 bits per heavy atom. The maximum atomic E-state index is 8.55. The van der Waals surface area contributed by atoms with Crippen molar-refractivity contribution >= 4 is 54.6 Å². The molecule has 12 heavy (non-hydrogen) atoms. The van der Waals surface area contributed by atoms with Gasteiger partial charge in [-0.3, -0.25) is 0 Å². The summed E-state index contributed by atoms with van der Waals surface area (Å²) in [5.74, 6) is 0. The molecule has 0 aromatic rings. The molecule has 0 aromatic carbocycles. The SMILES string of the molecule is O=P([O-])([O-])[O-].O[Si](O)(O)O.[Ca+2].[Na+]. The minimum atomic E-state index is -5.39. The molecule has 0 amide bonds. The third-order valence-electron chi connectivity index (χ3n) is 0. The molecule has 0 bridgehead atoms. The van der Waals surface area contributed by atoms with Crippen molar-refractivity contribution in [2.75, 3.05) is 0 Å². The van der Waals surface area contributed by atoms with E-state index >= 15 is 0 Å². The van der Waals surface area contributed by atoms with Crippen LogP contribution in [0.15, 0.2) is 0 Å². The van der Waals surface area contributed by atoms with E-state index in [1.807, 2.05) is 0 Å². The molecule has 0 spiro atoms. The predicted molar refractivity (Wildman–Crippen MR) is 28.0 cm³/mol. The third-order valence-corrected chi connectivity index (χ3v) is 0. The summed E-state index contributed by atoms with van der Waals surface area (Å²) in [4.78, 5) is 55.0. The van der Waals surface area contributed by atoms with Gasteiger partial charge in [-0.1, -0.05) is 0 Å². The molecule has 4 N–H and O–H groups in total. The number of rotatable bonds is 0. The molecule has 0 aliphatic rings. The standard InChI is InChI=1S/Ca.Na.H3O4P.H4O4Si/c;;2*1-5(2,3)4/h;;(H3,1,2,3,4);1-4H/q+2;+1;;/p-3. The van der Waals surface area contributed by atoms with Crippen LogP contribution in [0.4, 0.5) is 0 Å². The van der Waals surface area contributed by atoms with Gasteiger partial charge in [0.1, 0.15) is 0 Å². The van der Waals surface area contributed by atoms with E-state index in [-0.39, 0.29) is 67.3 Å². The molecule has 0 aliphatic carbocycles. The van der Waals surface area contributed by atoms with Crippen LogP contribution in [-0.2, 0) is 4.57 Å². The van der Waals surface area contributed by atoms with Gasteiger partial charge < -0.3 is 38.4 Å². The number of hydrogen-bond donors (Lipinski definition) is 4. The van der Waals surface area contributed by atoms with Crippen molar-refractivity contribution in [3.63, 3.8) is 0 Å². The molecule has 0 saturated carbocycles. The third kappa shape index (κ3) is 276. The van der Waals surface area contributed by atoms with Crippen LogP contribution in [0.2, 0.25) is 0 Å². The van der Waals surface area contributed by atoms with Gasteiger partial charge in [0.15, 0.2) is 0 Å². The molecule has 0 saturated heterocycles. The first-order chi connectivity index (χ1) is 4.00. The largest absolute Gasteiger partial charge is 2.00 e. The van der Waals surface area contributed by atoms with Gasteiger partial charge in [-0.15, -0.1) is 0 Å². The zero-order valence-electron chi connectivity index (χ0n) is 6.08. The minimum absolute atomic E-state index is 0. The molecule has 0 aliphatic heterocycles. The zero-order valence-corrected chi connectivity index (χ0v) is 12.2. The van der Waals surface area contributed by atoms with E-state index in [0.717, 1.165) is 0 Å². The van der Waals surface area contributed by atoms with E-state index in [1.165, 1.54) is 0 Å². The van der Waals surface area contributed by atoms with Crippen molar-refractivity contribution in [3.05, 3.63) is 0 Å². The Hall–Kier alpha value is 2.43. The summed E-state index contributed by atoms with van der Waals surface area (Å²) >= 11 is 0. The van der Waals surface area contributed by atoms with Crippen molar-refractivity contribution in [3.8, 4) is 0 Å². The summed E-state index contributed by atoms with van der Waals surface area (Å²) in [6.07, 6.45) is 0. The van der Waals surface area contributed by atoms with Crippen LogP contribution in [0.5, 0.6) is 0 Å². The van der Waals surface area contributed by atoms with Gasteiger partial charge in [0.25, 0.3) is 0 Å². The molecule has 0 fully saturated rings. The summed E-state index contributed by atoms with van der Waals surface area (Å²) in [7, 11) is -10.0. The van der Waals surface area contributed by atoms with Gasteiger partial charge in [0, 0.05) is 0 Å². The second-order valence-corrected chi connectivity index (χ2v) is 3.14. The number of hydrogen-bond acceptors (Lipinski definition) is 8. The topological polar surface area (TPSA) is 167 Å². The van der Waals surface area contributed by atoms with Crippen LogP contribution < -0.4 is 44.2 Å². The van der Waals surface area contributed by atoms with Crippen LogP contribution in [0.1, 0.15) is 0 Å². The predicted octanol–water partition coefficient (Wildman–Crippen LogP) is -8.81. The molecule has 12 heteroatoms. The molecule has 0 radical (unpaired) electrons. The molecule has 8 nitrogen and oxygen atoms in total.